The van der Waals surface area contributed by atoms with Crippen molar-refractivity contribution in [2.24, 2.45) is 0 Å². The Morgan fingerprint density at radius 2 is 2.00 bits per heavy atom. The second-order valence-corrected chi connectivity index (χ2v) is 7.51. The summed E-state index contributed by atoms with van der Waals surface area (Å²) in [6.07, 6.45) is 7.41. The minimum atomic E-state index is -0.449. The van der Waals surface area contributed by atoms with Gasteiger partial charge in [-0.15, -0.1) is 0 Å². The van der Waals surface area contributed by atoms with E-state index in [2.05, 4.69) is 31.1 Å². The molecule has 2 unspecified atom stereocenters. The first-order valence-corrected chi connectivity index (χ1v) is 9.32. The molecule has 1 aliphatic heterocycles. The molecule has 0 amide bonds. The van der Waals surface area contributed by atoms with Crippen LogP contribution in [0.4, 0.5) is 11.5 Å². The molecule has 1 saturated heterocycles. The maximum atomic E-state index is 10.8. The summed E-state index contributed by atoms with van der Waals surface area (Å²) >= 11 is 3.35. The highest BCUT2D eigenvalue weighted by molar-refractivity contribution is 9.10. The lowest BCUT2D eigenvalue weighted by Gasteiger charge is -2.41. The van der Waals surface area contributed by atoms with E-state index in [0.717, 1.165) is 45.2 Å². The fraction of sp³-hybridized carbons (Fsp3) is 0.688. The van der Waals surface area contributed by atoms with Gasteiger partial charge in [-0.05, 0) is 41.6 Å². The average molecular weight is 399 g/mol. The number of likely N-dealkylation sites (tertiary alicyclic amines) is 1. The third-order valence-corrected chi connectivity index (χ3v) is 5.68. The first-order chi connectivity index (χ1) is 11.5. The molecule has 1 saturated carbocycles. The summed E-state index contributed by atoms with van der Waals surface area (Å²) < 4.78 is 0.613. The van der Waals surface area contributed by atoms with Crippen LogP contribution in [-0.4, -0.2) is 51.2 Å². The summed E-state index contributed by atoms with van der Waals surface area (Å²) in [7, 11) is 0. The number of halogens is 1. The molecule has 0 bridgehead atoms. The van der Waals surface area contributed by atoms with E-state index in [0.29, 0.717) is 22.4 Å². The first-order valence-electron chi connectivity index (χ1n) is 8.53. The van der Waals surface area contributed by atoms with Gasteiger partial charge in [0.15, 0.2) is 0 Å². The Bertz CT molecular complexity index is 593. The molecule has 2 N–H and O–H groups in total. The zero-order valence-electron chi connectivity index (χ0n) is 13.5. The number of hydrogen-bond donors (Lipinski definition) is 2. The second kappa shape index (κ2) is 7.76. The maximum absolute atomic E-state index is 10.8. The molecule has 0 radical (unpaired) electrons. The number of aromatic nitrogens is 1. The number of aliphatic hydroxyl groups is 1. The van der Waals surface area contributed by atoms with Gasteiger partial charge in [-0.25, -0.2) is 4.98 Å². The largest absolute Gasteiger partial charge is 0.391 e. The molecule has 1 aliphatic carbocycles. The van der Waals surface area contributed by atoms with E-state index in [9.17, 15) is 15.2 Å². The molecule has 0 spiro atoms. The van der Waals surface area contributed by atoms with Gasteiger partial charge in [0.2, 0.25) is 0 Å². The number of hydrogen-bond acceptors (Lipinski definition) is 6. The third kappa shape index (κ3) is 4.04. The van der Waals surface area contributed by atoms with Crippen LogP contribution in [0, 0.1) is 10.1 Å². The molecule has 8 heteroatoms. The van der Waals surface area contributed by atoms with Gasteiger partial charge < -0.3 is 10.4 Å². The number of nitrogens with one attached hydrogen (secondary N) is 1. The van der Waals surface area contributed by atoms with E-state index < -0.39 is 4.92 Å². The molecular formula is C16H23BrN4O3. The zero-order valence-corrected chi connectivity index (χ0v) is 15.1. The van der Waals surface area contributed by atoms with Crippen molar-refractivity contribution in [3.63, 3.8) is 0 Å². The van der Waals surface area contributed by atoms with E-state index in [1.807, 2.05) is 0 Å². The van der Waals surface area contributed by atoms with Gasteiger partial charge in [0.1, 0.15) is 12.0 Å². The quantitative estimate of drug-likeness (QED) is 0.598. The van der Waals surface area contributed by atoms with Crippen molar-refractivity contribution in [1.82, 2.24) is 9.88 Å². The number of pyridine rings is 1. The standard InChI is InChI=1S/C16H23BrN4O3/c17-13-9-12(21(23)24)10-18-16(13)19-11-5-7-20(8-6-11)14-3-1-2-4-15(14)22/h9-11,14-15,22H,1-8H2,(H,18,19). The minimum Gasteiger partial charge on any atom is -0.391 e. The zero-order chi connectivity index (χ0) is 17.1. The number of nitrogens with zero attached hydrogens (tertiary/aromatic N) is 3. The highest BCUT2D eigenvalue weighted by Crippen LogP contribution is 2.29. The topological polar surface area (TPSA) is 91.5 Å². The van der Waals surface area contributed by atoms with Crippen LogP contribution < -0.4 is 5.32 Å². The Labute approximate surface area is 149 Å². The van der Waals surface area contributed by atoms with Gasteiger partial charge in [0, 0.05) is 31.2 Å². The van der Waals surface area contributed by atoms with Crippen LogP contribution in [0.2, 0.25) is 0 Å². The highest BCUT2D eigenvalue weighted by atomic mass is 79.9. The number of anilines is 1. The monoisotopic (exact) mass is 398 g/mol. The van der Waals surface area contributed by atoms with Gasteiger partial charge in [-0.2, -0.15) is 0 Å². The van der Waals surface area contributed by atoms with E-state index in [4.69, 9.17) is 0 Å². The molecule has 1 aromatic heterocycles. The fourth-order valence-electron chi connectivity index (χ4n) is 3.72. The van der Waals surface area contributed by atoms with Crippen LogP contribution in [0.1, 0.15) is 38.5 Å². The Morgan fingerprint density at radius 1 is 1.29 bits per heavy atom. The van der Waals surface area contributed by atoms with Crippen molar-refractivity contribution in [3.8, 4) is 0 Å². The fourth-order valence-corrected chi connectivity index (χ4v) is 4.17. The van der Waals surface area contributed by atoms with Gasteiger partial charge in [0.05, 0.1) is 15.5 Å². The van der Waals surface area contributed by atoms with Crippen molar-refractivity contribution in [3.05, 3.63) is 26.9 Å². The van der Waals surface area contributed by atoms with E-state index in [-0.39, 0.29) is 11.8 Å². The van der Waals surface area contributed by atoms with Gasteiger partial charge >= 0.3 is 0 Å². The van der Waals surface area contributed by atoms with Crippen LogP contribution in [0.25, 0.3) is 0 Å². The van der Waals surface area contributed by atoms with E-state index in [1.54, 1.807) is 0 Å². The minimum absolute atomic E-state index is 0.0199. The normalized spacial score (nSPS) is 26.2. The van der Waals surface area contributed by atoms with Crippen LogP contribution >= 0.6 is 15.9 Å². The molecule has 2 fully saturated rings. The number of aliphatic hydroxyl groups excluding tert-OH is 1. The Kier molecular flexibility index (Phi) is 5.68. The number of rotatable bonds is 4. The summed E-state index contributed by atoms with van der Waals surface area (Å²) in [6.45, 7) is 1.92. The van der Waals surface area contributed by atoms with Crippen molar-refractivity contribution in [1.29, 1.82) is 0 Å². The van der Waals surface area contributed by atoms with E-state index in [1.165, 1.54) is 18.7 Å². The lowest BCUT2D eigenvalue weighted by molar-refractivity contribution is -0.385. The predicted molar refractivity (Wildman–Crippen MR) is 95.1 cm³/mol. The van der Waals surface area contributed by atoms with Crippen molar-refractivity contribution >= 4 is 27.4 Å². The van der Waals surface area contributed by atoms with Gasteiger partial charge in [-0.1, -0.05) is 12.8 Å². The highest BCUT2D eigenvalue weighted by Gasteiger charge is 2.31. The lowest BCUT2D eigenvalue weighted by atomic mass is 9.89. The van der Waals surface area contributed by atoms with E-state index >= 15 is 0 Å². The summed E-state index contributed by atoms with van der Waals surface area (Å²) in [5, 5.41) is 24.3. The molecule has 2 atom stereocenters. The average Bonchev–Trinajstić information content (AvgIpc) is 2.58. The first kappa shape index (κ1) is 17.6. The lowest BCUT2D eigenvalue weighted by Crippen LogP contribution is -2.50. The van der Waals surface area contributed by atoms with Crippen LogP contribution in [0.3, 0.4) is 0 Å². The molecule has 132 valence electrons. The number of piperidine rings is 1. The van der Waals surface area contributed by atoms with Crippen LogP contribution in [0.5, 0.6) is 0 Å². The molecule has 3 rings (SSSR count). The van der Waals surface area contributed by atoms with Crippen molar-refractivity contribution < 1.29 is 10.0 Å². The molecule has 2 aliphatic rings. The maximum Gasteiger partial charge on any atom is 0.288 e. The summed E-state index contributed by atoms with van der Waals surface area (Å²) in [5.41, 5.74) is -0.0199. The van der Waals surface area contributed by atoms with Crippen molar-refractivity contribution in [2.75, 3.05) is 18.4 Å². The Morgan fingerprint density at radius 3 is 2.62 bits per heavy atom. The second-order valence-electron chi connectivity index (χ2n) is 6.65. The molecule has 24 heavy (non-hydrogen) atoms. The summed E-state index contributed by atoms with van der Waals surface area (Å²) in [4.78, 5) is 16.9. The Balaban J connectivity index is 1.54. The Hall–Kier alpha value is -1.25. The summed E-state index contributed by atoms with van der Waals surface area (Å²) in [6, 6.07) is 2.08. The van der Waals surface area contributed by atoms with Gasteiger partial charge in [0.25, 0.3) is 5.69 Å². The molecule has 0 aromatic carbocycles. The SMILES string of the molecule is O=[N+]([O-])c1cnc(NC2CCN(C3CCCCC3O)CC2)c(Br)c1. The van der Waals surface area contributed by atoms with Crippen LogP contribution in [-0.2, 0) is 0 Å². The van der Waals surface area contributed by atoms with Gasteiger partial charge in [-0.3, -0.25) is 15.0 Å². The molecule has 2 heterocycles. The molecular weight excluding hydrogens is 376 g/mol. The molecule has 1 aromatic rings. The van der Waals surface area contributed by atoms with Crippen LogP contribution in [0.15, 0.2) is 16.7 Å². The predicted octanol–water partition coefficient (Wildman–Crippen LogP) is 2.93. The molecule has 7 nitrogen and oxygen atoms in total. The summed E-state index contributed by atoms with van der Waals surface area (Å²) in [5.74, 6) is 0.650. The van der Waals surface area contributed by atoms with Crippen molar-refractivity contribution in [2.45, 2.75) is 56.7 Å². The third-order valence-electron chi connectivity index (χ3n) is 5.07. The smallest absolute Gasteiger partial charge is 0.288 e. The number of nitro groups is 1.